The molecule has 3 heterocycles. The summed E-state index contributed by atoms with van der Waals surface area (Å²) >= 11 is 5.14. The van der Waals surface area contributed by atoms with Crippen molar-refractivity contribution in [1.29, 1.82) is 0 Å². The van der Waals surface area contributed by atoms with Crippen molar-refractivity contribution in [2.75, 3.05) is 11.9 Å². The van der Waals surface area contributed by atoms with E-state index in [0.29, 0.717) is 22.6 Å². The van der Waals surface area contributed by atoms with Crippen molar-refractivity contribution in [3.8, 4) is 5.75 Å². The van der Waals surface area contributed by atoms with E-state index >= 15 is 0 Å². The monoisotopic (exact) mass is 548 g/mol. The Morgan fingerprint density at radius 3 is 2.67 bits per heavy atom. The second kappa shape index (κ2) is 10.3. The Balaban J connectivity index is 1.35. The van der Waals surface area contributed by atoms with Crippen molar-refractivity contribution in [2.45, 2.75) is 19.5 Å². The molecule has 4 aromatic rings. The number of aromatic nitrogens is 3. The highest BCUT2D eigenvalue weighted by Gasteiger charge is 2.22. The van der Waals surface area contributed by atoms with Crippen LogP contribution in [0.2, 0.25) is 0 Å². The van der Waals surface area contributed by atoms with Gasteiger partial charge in [0.1, 0.15) is 17.1 Å². The number of nitrogens with one attached hydrogen (secondary N) is 3. The van der Waals surface area contributed by atoms with Gasteiger partial charge in [-0.3, -0.25) is 14.4 Å². The van der Waals surface area contributed by atoms with Gasteiger partial charge in [-0.15, -0.1) is 0 Å². The maximum atomic E-state index is 13.2. The maximum absolute atomic E-state index is 13.2. The molecular weight excluding hydrogens is 528 g/mol. The highest BCUT2D eigenvalue weighted by atomic mass is 32.1. The van der Waals surface area contributed by atoms with E-state index in [-0.39, 0.29) is 46.6 Å². The molecule has 0 unspecified atom stereocenters. The molecule has 13 nitrogen and oxygen atoms in total. The fraction of sp³-hybridized carbons (Fsp3) is 0.160. The standard InChI is InChI=1S/C25H20N6O7S/c1-12(14-3-5-15(6-4-14)23(35)36)27-21(33)17-9-18(31-24(29-17)30-38-25(31)39)22(34)26-10-13-2-7-19-16(8-13)28-20(32)11-37-19/h2-9,12H,10-11H2,1H3,(H,26,34)(H,27,33)(H,28,32)(H,35,36)/t12-/m0/s1. The molecule has 1 aliphatic heterocycles. The van der Waals surface area contributed by atoms with E-state index < -0.39 is 23.8 Å². The third-order valence-corrected chi connectivity index (χ3v) is 6.18. The van der Waals surface area contributed by atoms with Gasteiger partial charge in [-0.1, -0.05) is 18.2 Å². The van der Waals surface area contributed by atoms with Crippen LogP contribution in [0.15, 0.2) is 53.1 Å². The molecule has 0 fully saturated rings. The number of hydrogen-bond donors (Lipinski definition) is 4. The first-order chi connectivity index (χ1) is 18.7. The van der Waals surface area contributed by atoms with Crippen molar-refractivity contribution in [1.82, 2.24) is 25.2 Å². The number of nitrogens with zero attached hydrogens (tertiary/aromatic N) is 3. The summed E-state index contributed by atoms with van der Waals surface area (Å²) in [5, 5.41) is 21.0. The summed E-state index contributed by atoms with van der Waals surface area (Å²) in [7, 11) is 0. The molecule has 14 heteroatoms. The molecular formula is C25H20N6O7S. The van der Waals surface area contributed by atoms with Crippen LogP contribution in [0.3, 0.4) is 0 Å². The number of benzene rings is 2. The van der Waals surface area contributed by atoms with Gasteiger partial charge < -0.3 is 30.3 Å². The summed E-state index contributed by atoms with van der Waals surface area (Å²) in [6.45, 7) is 1.75. The molecule has 1 aliphatic rings. The second-order valence-electron chi connectivity index (χ2n) is 8.58. The van der Waals surface area contributed by atoms with Crippen LogP contribution in [-0.4, -0.2) is 49.9 Å². The van der Waals surface area contributed by atoms with Gasteiger partial charge in [0, 0.05) is 6.54 Å². The first-order valence-electron chi connectivity index (χ1n) is 11.6. The van der Waals surface area contributed by atoms with Crippen molar-refractivity contribution >= 4 is 47.4 Å². The first-order valence-corrected chi connectivity index (χ1v) is 12.0. The lowest BCUT2D eigenvalue weighted by Crippen LogP contribution is -2.30. The van der Waals surface area contributed by atoms with Crippen LogP contribution >= 0.6 is 12.2 Å². The summed E-state index contributed by atoms with van der Waals surface area (Å²) in [5.74, 6) is -2.06. The van der Waals surface area contributed by atoms with E-state index in [2.05, 4.69) is 26.1 Å². The van der Waals surface area contributed by atoms with Crippen molar-refractivity contribution in [2.24, 2.45) is 0 Å². The van der Waals surface area contributed by atoms with E-state index in [1.165, 1.54) is 22.6 Å². The number of carbonyl (C=O) groups excluding carboxylic acids is 3. The first kappa shape index (κ1) is 25.5. The number of amides is 3. The number of anilines is 1. The summed E-state index contributed by atoms with van der Waals surface area (Å²) in [6, 6.07) is 12.0. The number of hydrogen-bond acceptors (Lipinski definition) is 9. The van der Waals surface area contributed by atoms with Gasteiger partial charge in [-0.05, 0) is 65.8 Å². The predicted molar refractivity (Wildman–Crippen MR) is 137 cm³/mol. The number of aromatic carboxylic acids is 1. The van der Waals surface area contributed by atoms with Crippen molar-refractivity contribution < 1.29 is 33.5 Å². The Morgan fingerprint density at radius 1 is 1.15 bits per heavy atom. The van der Waals surface area contributed by atoms with Gasteiger partial charge in [0.2, 0.25) is 0 Å². The SMILES string of the molecule is C[C@H](NC(=O)c1cc(C(=O)NCc2ccc3c(c2)NC(=O)CO3)n2c(=S)onc2n1)c1ccc(C(=O)O)cc1. The molecule has 0 aliphatic carbocycles. The number of carboxylic acid groups (broad SMARTS) is 1. The van der Waals surface area contributed by atoms with E-state index in [9.17, 15) is 19.2 Å². The average molecular weight is 549 g/mol. The predicted octanol–water partition coefficient (Wildman–Crippen LogP) is 2.50. The molecule has 2 aromatic carbocycles. The molecule has 3 amide bonds. The van der Waals surface area contributed by atoms with Gasteiger partial charge in [-0.2, -0.15) is 0 Å². The Hall–Kier alpha value is -5.11. The Kier molecular flexibility index (Phi) is 6.77. The van der Waals surface area contributed by atoms with Crippen molar-refractivity contribution in [3.05, 3.63) is 81.4 Å². The molecule has 5 rings (SSSR count). The smallest absolute Gasteiger partial charge is 0.335 e. The number of fused-ring (bicyclic) bond motifs is 2. The Morgan fingerprint density at radius 2 is 1.92 bits per heavy atom. The van der Waals surface area contributed by atoms with E-state index in [0.717, 1.165) is 0 Å². The minimum atomic E-state index is -1.06. The van der Waals surface area contributed by atoms with Crippen LogP contribution < -0.4 is 20.7 Å². The van der Waals surface area contributed by atoms with E-state index in [1.54, 1.807) is 37.3 Å². The van der Waals surface area contributed by atoms with Gasteiger partial charge in [-0.25, -0.2) is 14.2 Å². The topological polar surface area (TPSA) is 177 Å². The summed E-state index contributed by atoms with van der Waals surface area (Å²) in [6.07, 6.45) is 0. The van der Waals surface area contributed by atoms with Crippen LogP contribution in [0.4, 0.5) is 5.69 Å². The van der Waals surface area contributed by atoms with Gasteiger partial charge >= 0.3 is 10.8 Å². The third kappa shape index (κ3) is 5.31. The average Bonchev–Trinajstić information content (AvgIpc) is 3.31. The largest absolute Gasteiger partial charge is 0.482 e. The molecule has 39 heavy (non-hydrogen) atoms. The number of ether oxygens (including phenoxy) is 1. The molecule has 0 spiro atoms. The van der Waals surface area contributed by atoms with Crippen LogP contribution in [0, 0.1) is 4.84 Å². The Bertz CT molecular complexity index is 1700. The molecule has 0 saturated carbocycles. The quantitative estimate of drug-likeness (QED) is 0.251. The summed E-state index contributed by atoms with van der Waals surface area (Å²) < 4.78 is 11.6. The lowest BCUT2D eigenvalue weighted by molar-refractivity contribution is -0.118. The van der Waals surface area contributed by atoms with Gasteiger partial charge in [0.05, 0.1) is 17.3 Å². The summed E-state index contributed by atoms with van der Waals surface area (Å²) in [5.41, 5.74) is 1.85. The van der Waals surface area contributed by atoms with E-state index in [1.807, 2.05) is 0 Å². The molecule has 0 bridgehead atoms. The van der Waals surface area contributed by atoms with Gasteiger partial charge in [0.15, 0.2) is 6.61 Å². The van der Waals surface area contributed by atoms with E-state index in [4.69, 9.17) is 26.6 Å². The fourth-order valence-corrected chi connectivity index (χ4v) is 4.14. The minimum Gasteiger partial charge on any atom is -0.482 e. The second-order valence-corrected chi connectivity index (χ2v) is 8.93. The minimum absolute atomic E-state index is 0.0236. The third-order valence-electron chi connectivity index (χ3n) is 5.92. The fourth-order valence-electron chi connectivity index (χ4n) is 3.92. The molecule has 0 saturated heterocycles. The highest BCUT2D eigenvalue weighted by molar-refractivity contribution is 7.71. The Labute approximate surface area is 224 Å². The lowest BCUT2D eigenvalue weighted by Gasteiger charge is -2.18. The molecule has 198 valence electrons. The van der Waals surface area contributed by atoms with Crippen LogP contribution in [0.1, 0.15) is 55.4 Å². The molecule has 2 aromatic heterocycles. The molecule has 4 N–H and O–H groups in total. The molecule has 1 atom stereocenters. The number of carbonyl (C=O) groups is 4. The lowest BCUT2D eigenvalue weighted by atomic mass is 10.1. The zero-order chi connectivity index (χ0) is 27.7. The van der Waals surface area contributed by atoms with Crippen molar-refractivity contribution in [3.63, 3.8) is 0 Å². The maximum Gasteiger partial charge on any atom is 0.335 e. The van der Waals surface area contributed by atoms with Crippen LogP contribution in [-0.2, 0) is 11.3 Å². The number of carboxylic acids is 1. The van der Waals surface area contributed by atoms with Crippen LogP contribution in [0.5, 0.6) is 5.75 Å². The normalized spacial score (nSPS) is 13.1. The highest BCUT2D eigenvalue weighted by Crippen LogP contribution is 2.28. The summed E-state index contributed by atoms with van der Waals surface area (Å²) in [4.78, 5) is 52.9. The zero-order valence-electron chi connectivity index (χ0n) is 20.3. The number of rotatable bonds is 7. The zero-order valence-corrected chi connectivity index (χ0v) is 21.1. The van der Waals surface area contributed by atoms with Gasteiger partial charge in [0.25, 0.3) is 23.5 Å². The molecule has 0 radical (unpaired) electrons. The van der Waals surface area contributed by atoms with Crippen LogP contribution in [0.25, 0.3) is 5.78 Å².